The van der Waals surface area contributed by atoms with E-state index in [1.807, 2.05) is 24.3 Å². The van der Waals surface area contributed by atoms with E-state index < -0.39 is 11.9 Å². The van der Waals surface area contributed by atoms with E-state index in [4.69, 9.17) is 4.74 Å². The summed E-state index contributed by atoms with van der Waals surface area (Å²) in [4.78, 5) is 28.6. The fourth-order valence-corrected chi connectivity index (χ4v) is 4.00. The number of pyridine rings is 1. The Bertz CT molecular complexity index is 1300. The average Bonchev–Trinajstić information content (AvgIpc) is 3.08. The van der Waals surface area contributed by atoms with Gasteiger partial charge in [0.1, 0.15) is 11.6 Å². The number of fused-ring (bicyclic) bond motifs is 4. The minimum atomic E-state index is -0.500. The van der Waals surface area contributed by atoms with E-state index in [9.17, 15) is 14.0 Å². The molecule has 1 aliphatic rings. The highest BCUT2D eigenvalue weighted by atomic mass is 19.1. The summed E-state index contributed by atoms with van der Waals surface area (Å²) >= 11 is 0. The van der Waals surface area contributed by atoms with Crippen LogP contribution in [0.2, 0.25) is 0 Å². The zero-order chi connectivity index (χ0) is 18.7. The van der Waals surface area contributed by atoms with Gasteiger partial charge in [-0.2, -0.15) is 0 Å². The smallest absolute Gasteiger partial charge is 0.312 e. The molecule has 2 aromatic carbocycles. The molecule has 4 aromatic rings. The lowest BCUT2D eigenvalue weighted by Crippen LogP contribution is -2.31. The third kappa shape index (κ3) is 2.23. The van der Waals surface area contributed by atoms with Crippen LogP contribution in [0, 0.1) is 5.82 Å². The van der Waals surface area contributed by atoms with Crippen LogP contribution in [0.5, 0.6) is 5.75 Å². The summed E-state index contributed by atoms with van der Waals surface area (Å²) < 4.78 is 20.9. The molecule has 0 spiro atoms. The van der Waals surface area contributed by atoms with Gasteiger partial charge in [0, 0.05) is 35.5 Å². The van der Waals surface area contributed by atoms with Gasteiger partial charge in [-0.15, -0.1) is 0 Å². The van der Waals surface area contributed by atoms with Crippen molar-refractivity contribution >= 4 is 27.8 Å². The highest BCUT2D eigenvalue weighted by Gasteiger charge is 2.34. The number of para-hydroxylation sites is 1. The van der Waals surface area contributed by atoms with E-state index in [1.54, 1.807) is 23.9 Å². The Balaban J connectivity index is 1.86. The lowest BCUT2D eigenvalue weighted by molar-refractivity contribution is -0.135. The van der Waals surface area contributed by atoms with Crippen LogP contribution in [0.15, 0.2) is 53.5 Å². The van der Waals surface area contributed by atoms with Crippen LogP contribution in [0.3, 0.4) is 0 Å². The van der Waals surface area contributed by atoms with Gasteiger partial charge < -0.3 is 14.3 Å². The first-order chi connectivity index (χ1) is 13.0. The van der Waals surface area contributed by atoms with Gasteiger partial charge in [0.25, 0.3) is 5.56 Å². The highest BCUT2D eigenvalue weighted by molar-refractivity contribution is 5.93. The normalized spacial score (nSPS) is 16.5. The predicted octanol–water partition coefficient (Wildman–Crippen LogP) is 3.60. The van der Waals surface area contributed by atoms with Crippen LogP contribution >= 0.6 is 0 Å². The van der Waals surface area contributed by atoms with Crippen molar-refractivity contribution in [2.45, 2.75) is 12.3 Å². The molecular weight excluding hydrogens is 347 g/mol. The highest BCUT2D eigenvalue weighted by Crippen LogP contribution is 2.42. The van der Waals surface area contributed by atoms with E-state index in [0.717, 1.165) is 11.1 Å². The van der Waals surface area contributed by atoms with E-state index in [-0.39, 0.29) is 17.8 Å². The number of carbonyl (C=O) groups excluding carboxylic acids is 1. The Morgan fingerprint density at radius 1 is 1.15 bits per heavy atom. The monoisotopic (exact) mass is 362 g/mol. The summed E-state index contributed by atoms with van der Waals surface area (Å²) in [6.45, 7) is 0. The fourth-order valence-electron chi connectivity index (χ4n) is 4.00. The minimum Gasteiger partial charge on any atom is -0.425 e. The maximum Gasteiger partial charge on any atom is 0.312 e. The molecular formula is C21H15FN2O3. The number of H-pyrrole nitrogens is 1. The number of hydrogen-bond donors (Lipinski definition) is 1. The topological polar surface area (TPSA) is 64.1 Å². The van der Waals surface area contributed by atoms with E-state index >= 15 is 0 Å². The number of esters is 1. The van der Waals surface area contributed by atoms with Crippen LogP contribution in [0.25, 0.3) is 21.8 Å². The van der Waals surface area contributed by atoms with Crippen molar-refractivity contribution in [2.75, 3.05) is 0 Å². The summed E-state index contributed by atoms with van der Waals surface area (Å²) in [5.41, 5.74) is 2.38. The molecule has 0 unspecified atom stereocenters. The molecule has 5 rings (SSSR count). The maximum absolute atomic E-state index is 13.8. The molecule has 134 valence electrons. The van der Waals surface area contributed by atoms with Crippen molar-refractivity contribution in [2.24, 2.45) is 7.05 Å². The summed E-state index contributed by atoms with van der Waals surface area (Å²) in [6.07, 6.45) is 1.77. The van der Waals surface area contributed by atoms with Gasteiger partial charge in [-0.3, -0.25) is 9.59 Å². The van der Waals surface area contributed by atoms with Crippen LogP contribution in [0.1, 0.15) is 23.5 Å². The summed E-state index contributed by atoms with van der Waals surface area (Å²) in [5, 5.41) is 1.37. The quantitative estimate of drug-likeness (QED) is 0.526. The van der Waals surface area contributed by atoms with Crippen molar-refractivity contribution in [3.63, 3.8) is 0 Å². The van der Waals surface area contributed by atoms with Crippen LogP contribution in [0.4, 0.5) is 4.39 Å². The number of ether oxygens (including phenoxy) is 1. The van der Waals surface area contributed by atoms with Gasteiger partial charge >= 0.3 is 5.97 Å². The molecule has 5 nitrogen and oxygen atoms in total. The number of halogens is 1. The second-order valence-electron chi connectivity index (χ2n) is 6.79. The van der Waals surface area contributed by atoms with Crippen molar-refractivity contribution in [1.29, 1.82) is 0 Å². The molecule has 0 saturated heterocycles. The molecule has 0 saturated carbocycles. The predicted molar refractivity (Wildman–Crippen MR) is 99.5 cm³/mol. The van der Waals surface area contributed by atoms with Crippen LogP contribution in [-0.2, 0) is 11.8 Å². The number of nitrogens with one attached hydrogen (secondary N) is 1. The van der Waals surface area contributed by atoms with Crippen molar-refractivity contribution in [3.8, 4) is 5.75 Å². The van der Waals surface area contributed by atoms with Gasteiger partial charge in [0.05, 0.1) is 17.5 Å². The number of aryl methyl sites for hydroxylation is 1. The molecule has 27 heavy (non-hydrogen) atoms. The summed E-state index contributed by atoms with van der Waals surface area (Å²) in [5.74, 6) is -0.967. The third-order valence-electron chi connectivity index (χ3n) is 5.28. The zero-order valence-corrected chi connectivity index (χ0v) is 14.5. The molecule has 0 radical (unpaired) electrons. The molecule has 2 aromatic heterocycles. The number of carbonyl (C=O) groups is 1. The second kappa shape index (κ2) is 5.54. The molecule has 0 aliphatic carbocycles. The number of rotatable bonds is 1. The Kier molecular flexibility index (Phi) is 3.25. The maximum atomic E-state index is 13.8. The Hall–Kier alpha value is -3.41. The average molecular weight is 362 g/mol. The molecule has 0 fully saturated rings. The zero-order valence-electron chi connectivity index (χ0n) is 14.5. The van der Waals surface area contributed by atoms with Crippen LogP contribution in [-0.4, -0.2) is 15.5 Å². The van der Waals surface area contributed by atoms with Gasteiger partial charge in [0.15, 0.2) is 0 Å². The lowest BCUT2D eigenvalue weighted by Gasteiger charge is -2.26. The molecule has 1 aliphatic heterocycles. The van der Waals surface area contributed by atoms with E-state index in [0.29, 0.717) is 27.6 Å². The largest absolute Gasteiger partial charge is 0.425 e. The van der Waals surface area contributed by atoms with Crippen LogP contribution < -0.4 is 10.3 Å². The molecule has 1 N–H and O–H groups in total. The van der Waals surface area contributed by atoms with Gasteiger partial charge in [-0.25, -0.2) is 4.39 Å². The Labute approximate surface area is 153 Å². The second-order valence-corrected chi connectivity index (χ2v) is 6.79. The lowest BCUT2D eigenvalue weighted by atomic mass is 9.86. The molecule has 0 bridgehead atoms. The number of aromatic amines is 1. The van der Waals surface area contributed by atoms with Gasteiger partial charge in [-0.05, 0) is 35.9 Å². The molecule has 1 atom stereocenters. The first-order valence-electron chi connectivity index (χ1n) is 8.63. The molecule has 0 amide bonds. The first kappa shape index (κ1) is 15.8. The summed E-state index contributed by atoms with van der Waals surface area (Å²) in [7, 11) is 1.70. The van der Waals surface area contributed by atoms with E-state index in [1.165, 1.54) is 12.1 Å². The molecule has 6 heteroatoms. The first-order valence-corrected chi connectivity index (χ1v) is 8.63. The van der Waals surface area contributed by atoms with E-state index in [2.05, 4.69) is 4.98 Å². The SMILES string of the molecule is Cn1c(=O)c2c(c3ccccc31)OC(=O)C[C@@H]2c1c[nH]c2ccc(F)cc12. The Morgan fingerprint density at radius 3 is 2.81 bits per heavy atom. The minimum absolute atomic E-state index is 0.0318. The number of benzene rings is 2. The number of aromatic nitrogens is 2. The number of hydrogen-bond acceptors (Lipinski definition) is 3. The summed E-state index contributed by atoms with van der Waals surface area (Å²) in [6, 6.07) is 11.8. The third-order valence-corrected chi connectivity index (χ3v) is 5.28. The fraction of sp³-hybridized carbons (Fsp3) is 0.143. The van der Waals surface area contributed by atoms with Crippen molar-refractivity contribution in [1.82, 2.24) is 9.55 Å². The van der Waals surface area contributed by atoms with Gasteiger partial charge in [-0.1, -0.05) is 12.1 Å². The van der Waals surface area contributed by atoms with Crippen molar-refractivity contribution in [3.05, 3.63) is 76.0 Å². The molecule has 3 heterocycles. The van der Waals surface area contributed by atoms with Crippen molar-refractivity contribution < 1.29 is 13.9 Å². The standard InChI is InChI=1S/C21H15FN2O3/c1-24-17-5-3-2-4-12(17)20-19(21(24)26)14(9-18(25)27-20)15-10-23-16-7-6-11(22)8-13(15)16/h2-8,10,14,23H,9H2,1H3/t14-/m1/s1. The Morgan fingerprint density at radius 2 is 1.96 bits per heavy atom. The number of nitrogens with zero attached hydrogens (tertiary/aromatic N) is 1. The van der Waals surface area contributed by atoms with Gasteiger partial charge in [0.2, 0.25) is 0 Å².